The molecule has 1 atom stereocenters. The Labute approximate surface area is 175 Å². The monoisotopic (exact) mass is 415 g/mol. The van der Waals surface area contributed by atoms with Crippen molar-refractivity contribution in [3.8, 4) is 6.07 Å². The molecule has 1 amide bonds. The Morgan fingerprint density at radius 2 is 2.14 bits per heavy atom. The zero-order chi connectivity index (χ0) is 21.0. The lowest BCUT2D eigenvalue weighted by atomic mass is 10.1. The molecule has 0 spiro atoms. The molecule has 7 heteroatoms. The summed E-state index contributed by atoms with van der Waals surface area (Å²) in [5, 5.41) is 9.51. The summed E-state index contributed by atoms with van der Waals surface area (Å²) in [6.45, 7) is 3.93. The van der Waals surface area contributed by atoms with Crippen LogP contribution in [0.2, 0.25) is 5.02 Å². The van der Waals surface area contributed by atoms with E-state index in [1.807, 2.05) is 13.0 Å². The van der Waals surface area contributed by atoms with Gasteiger partial charge in [0.25, 0.3) is 0 Å². The second kappa shape index (κ2) is 9.25. The summed E-state index contributed by atoms with van der Waals surface area (Å²) in [6, 6.07) is 11.9. The van der Waals surface area contributed by atoms with E-state index in [0.29, 0.717) is 43.2 Å². The minimum Gasteiger partial charge on any atom is -0.383 e. The van der Waals surface area contributed by atoms with Crippen LogP contribution in [-0.2, 0) is 16.1 Å². The molecule has 0 radical (unpaired) electrons. The number of methoxy groups -OCH3 is 1. The number of aryl methyl sites for hydroxylation is 1. The lowest BCUT2D eigenvalue weighted by Crippen LogP contribution is -2.38. The second-order valence-electron chi connectivity index (χ2n) is 7.17. The number of likely N-dealkylation sites (tertiary alicyclic amines) is 1. The number of halogens is 2. The van der Waals surface area contributed by atoms with E-state index in [0.717, 1.165) is 16.8 Å². The van der Waals surface area contributed by atoms with E-state index < -0.39 is 0 Å². The number of hydrogen-bond acceptors (Lipinski definition) is 4. The van der Waals surface area contributed by atoms with E-state index in [1.165, 1.54) is 12.1 Å². The van der Waals surface area contributed by atoms with Crippen LogP contribution in [0.25, 0.3) is 0 Å². The standard InChI is InChI=1S/C22H23ClFN3O2/c1-15-3-5-18(24)9-17(15)13-27(19-6-4-16(12-25)21(23)10-19)20-11-22(28)26(14-20)7-8-29-2/h3-6,9-10,20H,7-8,11,13-14H2,1-2H3/t20-/m0/s1. The Hall–Kier alpha value is -2.62. The summed E-state index contributed by atoms with van der Waals surface area (Å²) in [5.74, 6) is -0.236. The number of benzene rings is 2. The van der Waals surface area contributed by atoms with Crippen molar-refractivity contribution >= 4 is 23.2 Å². The molecule has 0 aliphatic carbocycles. The first-order chi connectivity index (χ1) is 13.9. The predicted molar refractivity (Wildman–Crippen MR) is 110 cm³/mol. The smallest absolute Gasteiger partial charge is 0.224 e. The van der Waals surface area contributed by atoms with E-state index in [1.54, 1.807) is 30.2 Å². The van der Waals surface area contributed by atoms with Crippen molar-refractivity contribution in [3.05, 3.63) is 63.9 Å². The topological polar surface area (TPSA) is 56.6 Å². The number of nitrogens with zero attached hydrogens (tertiary/aromatic N) is 3. The van der Waals surface area contributed by atoms with E-state index in [2.05, 4.69) is 11.0 Å². The van der Waals surface area contributed by atoms with Crippen molar-refractivity contribution in [2.45, 2.75) is 25.9 Å². The first-order valence-corrected chi connectivity index (χ1v) is 9.78. The molecule has 0 saturated carbocycles. The van der Waals surface area contributed by atoms with Gasteiger partial charge in [-0.05, 0) is 48.4 Å². The quantitative estimate of drug-likeness (QED) is 0.687. The van der Waals surface area contributed by atoms with Crippen LogP contribution in [0, 0.1) is 24.1 Å². The van der Waals surface area contributed by atoms with Crippen molar-refractivity contribution < 1.29 is 13.9 Å². The fourth-order valence-corrected chi connectivity index (χ4v) is 3.79. The highest BCUT2D eigenvalue weighted by molar-refractivity contribution is 6.32. The average Bonchev–Trinajstić information content (AvgIpc) is 3.07. The molecule has 1 saturated heterocycles. The lowest BCUT2D eigenvalue weighted by molar-refractivity contribution is -0.128. The van der Waals surface area contributed by atoms with Crippen LogP contribution in [0.3, 0.4) is 0 Å². The Balaban J connectivity index is 1.94. The summed E-state index contributed by atoms with van der Waals surface area (Å²) >= 11 is 6.26. The van der Waals surface area contributed by atoms with Gasteiger partial charge in [0, 0.05) is 38.9 Å². The van der Waals surface area contributed by atoms with Gasteiger partial charge in [0.05, 0.1) is 23.2 Å². The van der Waals surface area contributed by atoms with Crippen LogP contribution in [0.1, 0.15) is 23.1 Å². The first kappa shape index (κ1) is 21.1. The molecule has 1 fully saturated rings. The van der Waals surface area contributed by atoms with E-state index in [-0.39, 0.29) is 17.8 Å². The molecule has 29 heavy (non-hydrogen) atoms. The maximum Gasteiger partial charge on any atom is 0.224 e. The minimum atomic E-state index is -0.298. The van der Waals surface area contributed by atoms with Crippen LogP contribution in [-0.4, -0.2) is 43.7 Å². The molecular weight excluding hydrogens is 393 g/mol. The highest BCUT2D eigenvalue weighted by Gasteiger charge is 2.34. The van der Waals surface area contributed by atoms with Gasteiger partial charge in [-0.3, -0.25) is 4.79 Å². The molecule has 0 bridgehead atoms. The summed E-state index contributed by atoms with van der Waals surface area (Å²) in [7, 11) is 1.61. The third kappa shape index (κ3) is 4.87. The highest BCUT2D eigenvalue weighted by Crippen LogP contribution is 2.30. The third-order valence-corrected chi connectivity index (χ3v) is 5.57. The summed E-state index contributed by atoms with van der Waals surface area (Å²) < 4.78 is 19.0. The Morgan fingerprint density at radius 1 is 1.34 bits per heavy atom. The summed E-state index contributed by atoms with van der Waals surface area (Å²) in [5.41, 5.74) is 3.00. The van der Waals surface area contributed by atoms with Crippen molar-refractivity contribution in [1.29, 1.82) is 5.26 Å². The number of ether oxygens (including phenoxy) is 1. The molecule has 5 nitrogen and oxygen atoms in total. The zero-order valence-corrected chi connectivity index (χ0v) is 17.2. The van der Waals surface area contributed by atoms with Crippen LogP contribution < -0.4 is 4.90 Å². The summed E-state index contributed by atoms with van der Waals surface area (Å²) in [6.07, 6.45) is 0.357. The number of carbonyl (C=O) groups is 1. The Bertz CT molecular complexity index is 944. The zero-order valence-electron chi connectivity index (χ0n) is 16.5. The number of carbonyl (C=O) groups excluding carboxylic acids is 1. The number of nitriles is 1. The molecule has 0 aromatic heterocycles. The molecule has 0 N–H and O–H groups in total. The first-order valence-electron chi connectivity index (χ1n) is 9.41. The van der Waals surface area contributed by atoms with E-state index in [4.69, 9.17) is 21.6 Å². The fraction of sp³-hybridized carbons (Fsp3) is 0.364. The summed E-state index contributed by atoms with van der Waals surface area (Å²) in [4.78, 5) is 16.3. The molecular formula is C22H23ClFN3O2. The van der Waals surface area contributed by atoms with Gasteiger partial charge in [0.1, 0.15) is 11.9 Å². The maximum atomic E-state index is 13.9. The molecule has 1 aliphatic heterocycles. The maximum absolute atomic E-state index is 13.9. The number of hydrogen-bond donors (Lipinski definition) is 0. The minimum absolute atomic E-state index is 0.0627. The molecule has 3 rings (SSSR count). The third-order valence-electron chi connectivity index (χ3n) is 5.26. The van der Waals surface area contributed by atoms with Gasteiger partial charge >= 0.3 is 0 Å². The molecule has 152 valence electrons. The van der Waals surface area contributed by atoms with Crippen molar-refractivity contribution in [3.63, 3.8) is 0 Å². The van der Waals surface area contributed by atoms with Crippen LogP contribution in [0.4, 0.5) is 10.1 Å². The van der Waals surface area contributed by atoms with Crippen molar-refractivity contribution in [2.24, 2.45) is 0 Å². The van der Waals surface area contributed by atoms with Crippen molar-refractivity contribution in [2.75, 3.05) is 31.7 Å². The van der Waals surface area contributed by atoms with Gasteiger partial charge in [-0.2, -0.15) is 5.26 Å². The van der Waals surface area contributed by atoms with E-state index in [9.17, 15) is 9.18 Å². The van der Waals surface area contributed by atoms with E-state index >= 15 is 0 Å². The normalized spacial score (nSPS) is 16.2. The Kier molecular flexibility index (Phi) is 6.73. The van der Waals surface area contributed by atoms with Crippen LogP contribution >= 0.6 is 11.6 Å². The van der Waals surface area contributed by atoms with Crippen molar-refractivity contribution in [1.82, 2.24) is 4.90 Å². The predicted octanol–water partition coefficient (Wildman–Crippen LogP) is 3.91. The van der Waals surface area contributed by atoms with Crippen LogP contribution in [0.5, 0.6) is 0 Å². The molecule has 0 unspecified atom stereocenters. The molecule has 1 aliphatic rings. The van der Waals surface area contributed by atoms with Gasteiger partial charge in [-0.15, -0.1) is 0 Å². The molecule has 2 aromatic rings. The number of anilines is 1. The fourth-order valence-electron chi connectivity index (χ4n) is 3.58. The molecule has 2 aromatic carbocycles. The number of rotatable bonds is 7. The molecule has 1 heterocycles. The highest BCUT2D eigenvalue weighted by atomic mass is 35.5. The van der Waals surface area contributed by atoms with Gasteiger partial charge in [-0.1, -0.05) is 17.7 Å². The van der Waals surface area contributed by atoms with Gasteiger partial charge in [0.2, 0.25) is 5.91 Å². The SMILES string of the molecule is COCCN1C[C@@H](N(Cc2cc(F)ccc2C)c2ccc(C#N)c(Cl)c2)CC1=O. The van der Waals surface area contributed by atoms with Gasteiger partial charge in [0.15, 0.2) is 0 Å². The second-order valence-corrected chi connectivity index (χ2v) is 7.57. The Morgan fingerprint density at radius 3 is 2.83 bits per heavy atom. The van der Waals surface area contributed by atoms with Gasteiger partial charge < -0.3 is 14.5 Å². The number of amides is 1. The van der Waals surface area contributed by atoms with Gasteiger partial charge in [-0.25, -0.2) is 4.39 Å². The average molecular weight is 416 g/mol. The largest absolute Gasteiger partial charge is 0.383 e. The lowest BCUT2D eigenvalue weighted by Gasteiger charge is -2.32. The van der Waals surface area contributed by atoms with Crippen LogP contribution in [0.15, 0.2) is 36.4 Å².